The van der Waals surface area contributed by atoms with Gasteiger partial charge in [0.05, 0.1) is 14.2 Å². The first kappa shape index (κ1) is 30.4. The molecule has 0 bridgehead atoms. The van der Waals surface area contributed by atoms with Crippen molar-refractivity contribution in [3.63, 3.8) is 0 Å². The number of hydrogen-bond acceptors (Lipinski definition) is 11. The molecule has 0 amide bonds. The van der Waals surface area contributed by atoms with Crippen LogP contribution in [0, 0.1) is 0 Å². The number of ether oxygens (including phenoxy) is 4. The topological polar surface area (TPSA) is 149 Å². The number of nitrogens with two attached hydrogens (primary N) is 1. The molecule has 4 rings (SSSR count). The minimum absolute atomic E-state index is 0.00951. The lowest BCUT2D eigenvalue weighted by Crippen LogP contribution is -2.11. The Morgan fingerprint density at radius 3 is 1.43 bits per heavy atom. The minimum Gasteiger partial charge on any atom is -0.497 e. The summed E-state index contributed by atoms with van der Waals surface area (Å²) in [5.74, 6) is 0.108. The Kier molecular flexibility index (Phi) is 11.2. The van der Waals surface area contributed by atoms with Crippen LogP contribution in [0.2, 0.25) is 15.5 Å². The van der Waals surface area contributed by atoms with Crippen LogP contribution < -0.4 is 15.2 Å². The zero-order valence-corrected chi connectivity index (χ0v) is 23.4. The number of carbonyl (C=O) groups is 2. The third-order valence-corrected chi connectivity index (χ3v) is 5.91. The van der Waals surface area contributed by atoms with E-state index in [0.29, 0.717) is 0 Å². The van der Waals surface area contributed by atoms with Crippen LogP contribution in [-0.4, -0.2) is 46.1 Å². The number of rotatable bonds is 8. The van der Waals surface area contributed by atoms with Crippen molar-refractivity contribution in [2.75, 3.05) is 20.0 Å². The highest BCUT2D eigenvalue weighted by molar-refractivity contribution is 6.37. The van der Waals surface area contributed by atoms with Gasteiger partial charge in [0.2, 0.25) is 0 Å². The van der Waals surface area contributed by atoms with Gasteiger partial charge in [0, 0.05) is 0 Å². The van der Waals surface area contributed by atoms with E-state index in [1.165, 1.54) is 12.7 Å². The Bertz CT molecular complexity index is 1310. The molecule has 0 aliphatic carbocycles. The summed E-state index contributed by atoms with van der Waals surface area (Å²) in [4.78, 5) is 38.6. The molecule has 0 fully saturated rings. The molecule has 2 aromatic carbocycles. The zero-order chi connectivity index (χ0) is 29.1. The molecule has 40 heavy (non-hydrogen) atoms. The van der Waals surface area contributed by atoms with Gasteiger partial charge in [-0.1, -0.05) is 59.1 Å². The van der Waals surface area contributed by atoms with Crippen molar-refractivity contribution in [2.24, 2.45) is 0 Å². The molecule has 11 nitrogen and oxygen atoms in total. The van der Waals surface area contributed by atoms with Crippen molar-refractivity contribution in [3.05, 3.63) is 98.9 Å². The summed E-state index contributed by atoms with van der Waals surface area (Å²) in [5, 5.41) is -0.105. The number of hydrogen-bond donors (Lipinski definition) is 1. The maximum absolute atomic E-state index is 11.9. The van der Waals surface area contributed by atoms with E-state index in [0.717, 1.165) is 22.6 Å². The highest BCUT2D eigenvalue weighted by atomic mass is 35.5. The van der Waals surface area contributed by atoms with Crippen LogP contribution >= 0.6 is 34.8 Å². The van der Waals surface area contributed by atoms with Crippen LogP contribution in [0.15, 0.2) is 61.2 Å². The largest absolute Gasteiger partial charge is 0.497 e. The molecule has 0 radical (unpaired) electrons. The second-order valence-electron chi connectivity index (χ2n) is 7.60. The predicted octanol–water partition coefficient (Wildman–Crippen LogP) is 5.23. The Morgan fingerprint density at radius 1 is 0.650 bits per heavy atom. The molecular formula is C26H22Cl3N5O6. The van der Waals surface area contributed by atoms with E-state index in [1.54, 1.807) is 62.8 Å². The molecule has 0 aliphatic rings. The molecular weight excluding hydrogens is 585 g/mol. The third kappa shape index (κ3) is 8.40. The maximum atomic E-state index is 11.9. The number of benzene rings is 2. The molecule has 0 spiro atoms. The fourth-order valence-corrected chi connectivity index (χ4v) is 3.65. The van der Waals surface area contributed by atoms with Crippen molar-refractivity contribution in [3.8, 4) is 11.5 Å². The van der Waals surface area contributed by atoms with Gasteiger partial charge in [0.1, 0.15) is 69.8 Å². The molecule has 2 aromatic heterocycles. The number of esters is 2. The molecule has 0 aliphatic heterocycles. The molecule has 14 heteroatoms. The summed E-state index contributed by atoms with van der Waals surface area (Å²) in [6.45, 7) is 0.178. The highest BCUT2D eigenvalue weighted by Gasteiger charge is 2.19. The first-order chi connectivity index (χ1) is 19.2. The van der Waals surface area contributed by atoms with Crippen LogP contribution in [0.5, 0.6) is 11.5 Å². The lowest BCUT2D eigenvalue weighted by atomic mass is 10.2. The van der Waals surface area contributed by atoms with Crippen molar-refractivity contribution in [1.82, 2.24) is 19.9 Å². The number of nitrogen functional groups attached to an aromatic ring is 1. The molecule has 4 aromatic rings. The molecule has 208 valence electrons. The Hall–Kier alpha value is -4.19. The van der Waals surface area contributed by atoms with E-state index in [-0.39, 0.29) is 45.6 Å². The standard InChI is InChI=1S/C13H10Cl2N2O3.C13H12ClN3O3/c2*1-19-9-4-2-8(3-5-9)6-20-13(18)10-11(14)16-7-17-12(10)15/h2-5,7H,6H2,1H3;2-5,7H,6H2,1H3,(H2,15,16,17). The second-order valence-corrected chi connectivity index (χ2v) is 8.68. The smallest absolute Gasteiger partial charge is 0.345 e. The summed E-state index contributed by atoms with van der Waals surface area (Å²) in [6, 6.07) is 14.3. The second kappa shape index (κ2) is 14.8. The first-order valence-electron chi connectivity index (χ1n) is 11.3. The Labute approximate surface area is 244 Å². The number of methoxy groups -OCH3 is 2. The van der Waals surface area contributed by atoms with Gasteiger partial charge < -0.3 is 24.7 Å². The molecule has 0 saturated heterocycles. The van der Waals surface area contributed by atoms with Gasteiger partial charge in [0.15, 0.2) is 0 Å². The van der Waals surface area contributed by atoms with E-state index >= 15 is 0 Å². The van der Waals surface area contributed by atoms with E-state index in [1.807, 2.05) is 0 Å². The average Bonchev–Trinajstić information content (AvgIpc) is 2.95. The zero-order valence-electron chi connectivity index (χ0n) is 21.1. The van der Waals surface area contributed by atoms with Gasteiger partial charge in [-0.05, 0) is 35.4 Å². The predicted molar refractivity (Wildman–Crippen MR) is 148 cm³/mol. The lowest BCUT2D eigenvalue weighted by Gasteiger charge is -2.07. The first-order valence-corrected chi connectivity index (χ1v) is 12.4. The highest BCUT2D eigenvalue weighted by Crippen LogP contribution is 2.22. The molecule has 0 unspecified atom stereocenters. The van der Waals surface area contributed by atoms with Crippen molar-refractivity contribution in [1.29, 1.82) is 0 Å². The fourth-order valence-electron chi connectivity index (χ4n) is 2.96. The Balaban J connectivity index is 0.000000220. The number of anilines is 1. The number of carbonyl (C=O) groups excluding carboxylic acids is 2. The van der Waals surface area contributed by atoms with Crippen LogP contribution in [0.4, 0.5) is 5.82 Å². The molecule has 0 saturated carbocycles. The summed E-state index contributed by atoms with van der Waals surface area (Å²) in [7, 11) is 3.16. The minimum atomic E-state index is -0.670. The van der Waals surface area contributed by atoms with E-state index in [2.05, 4.69) is 19.9 Å². The van der Waals surface area contributed by atoms with Crippen LogP contribution in [0.3, 0.4) is 0 Å². The SMILES string of the molecule is COc1ccc(COC(=O)c2c(Cl)ncnc2Cl)cc1.COc1ccc(COC(=O)c2c(N)ncnc2Cl)cc1. The summed E-state index contributed by atoms with van der Waals surface area (Å²) in [6.07, 6.45) is 2.35. The lowest BCUT2D eigenvalue weighted by molar-refractivity contribution is 0.0463. The summed E-state index contributed by atoms with van der Waals surface area (Å²) in [5.41, 5.74) is 7.13. The van der Waals surface area contributed by atoms with Crippen LogP contribution in [-0.2, 0) is 22.7 Å². The summed E-state index contributed by atoms with van der Waals surface area (Å²) < 4.78 is 20.3. The fraction of sp³-hybridized carbons (Fsp3) is 0.154. The van der Waals surface area contributed by atoms with Crippen molar-refractivity contribution >= 4 is 52.6 Å². The Morgan fingerprint density at radius 2 is 1.02 bits per heavy atom. The van der Waals surface area contributed by atoms with Crippen LogP contribution in [0.25, 0.3) is 0 Å². The van der Waals surface area contributed by atoms with Crippen LogP contribution in [0.1, 0.15) is 31.8 Å². The summed E-state index contributed by atoms with van der Waals surface area (Å²) >= 11 is 17.4. The number of aromatic nitrogens is 4. The maximum Gasteiger partial charge on any atom is 0.345 e. The van der Waals surface area contributed by atoms with Gasteiger partial charge in [-0.15, -0.1) is 0 Å². The van der Waals surface area contributed by atoms with E-state index < -0.39 is 11.9 Å². The normalized spacial score (nSPS) is 10.1. The van der Waals surface area contributed by atoms with Gasteiger partial charge in [-0.2, -0.15) is 0 Å². The monoisotopic (exact) mass is 605 g/mol. The van der Waals surface area contributed by atoms with Gasteiger partial charge >= 0.3 is 11.9 Å². The van der Waals surface area contributed by atoms with E-state index in [9.17, 15) is 9.59 Å². The molecule has 2 N–H and O–H groups in total. The van der Waals surface area contributed by atoms with Gasteiger partial charge in [-0.25, -0.2) is 29.5 Å². The third-order valence-electron chi connectivity index (χ3n) is 5.05. The molecule has 2 heterocycles. The van der Waals surface area contributed by atoms with Gasteiger partial charge in [0.25, 0.3) is 0 Å². The number of nitrogens with zero attached hydrogens (tertiary/aromatic N) is 4. The van der Waals surface area contributed by atoms with Crippen molar-refractivity contribution < 1.29 is 28.5 Å². The number of halogens is 3. The van der Waals surface area contributed by atoms with E-state index in [4.69, 9.17) is 59.5 Å². The average molecular weight is 607 g/mol. The van der Waals surface area contributed by atoms with Gasteiger partial charge in [-0.3, -0.25) is 0 Å². The van der Waals surface area contributed by atoms with Crippen molar-refractivity contribution in [2.45, 2.75) is 13.2 Å². The molecule has 0 atom stereocenters. The quantitative estimate of drug-likeness (QED) is 0.208.